The van der Waals surface area contributed by atoms with Gasteiger partial charge in [-0.15, -0.1) is 10.2 Å². The molecule has 0 radical (unpaired) electrons. The predicted octanol–water partition coefficient (Wildman–Crippen LogP) is 1.73. The molecule has 2 aromatic carbocycles. The number of fused-ring (bicyclic) bond motifs is 3. The molecule has 0 saturated heterocycles. The van der Waals surface area contributed by atoms with Crippen molar-refractivity contribution in [1.29, 1.82) is 0 Å². The molecule has 0 bridgehead atoms. The number of carbonyl (C=O) groups excluding carboxylic acids is 1. The fourth-order valence-corrected chi connectivity index (χ4v) is 3.46. The number of hydrogen-bond acceptors (Lipinski definition) is 6. The van der Waals surface area contributed by atoms with Crippen LogP contribution in [-0.4, -0.2) is 30.8 Å². The van der Waals surface area contributed by atoms with Gasteiger partial charge in [0, 0.05) is 5.56 Å². The molecule has 124 valence electrons. The van der Waals surface area contributed by atoms with E-state index in [0.29, 0.717) is 21.6 Å². The molecule has 0 amide bonds. The van der Waals surface area contributed by atoms with Crippen molar-refractivity contribution in [2.24, 2.45) is 0 Å². The van der Waals surface area contributed by atoms with E-state index in [1.807, 2.05) is 24.3 Å². The number of carbonyl (C=O) groups is 1. The summed E-state index contributed by atoms with van der Waals surface area (Å²) in [4.78, 5) is 24.6. The summed E-state index contributed by atoms with van der Waals surface area (Å²) in [6, 6.07) is 16.2. The number of benzene rings is 2. The second-order valence-corrected chi connectivity index (χ2v) is 6.33. The van der Waals surface area contributed by atoms with Crippen LogP contribution in [0.25, 0.3) is 16.7 Å². The Morgan fingerprint density at radius 2 is 1.76 bits per heavy atom. The number of aromatic nitrogens is 4. The molecular formula is C17H13N5O2S. The highest BCUT2D eigenvalue weighted by molar-refractivity contribution is 7.99. The Labute approximate surface area is 146 Å². The first-order valence-electron chi connectivity index (χ1n) is 7.52. The second-order valence-electron chi connectivity index (χ2n) is 5.39. The van der Waals surface area contributed by atoms with Crippen molar-refractivity contribution in [1.82, 2.24) is 19.3 Å². The second kappa shape index (κ2) is 6.06. The van der Waals surface area contributed by atoms with Crippen LogP contribution in [0.3, 0.4) is 0 Å². The Morgan fingerprint density at radius 3 is 2.56 bits per heavy atom. The highest BCUT2D eigenvalue weighted by atomic mass is 32.2. The average molecular weight is 351 g/mol. The third-order valence-electron chi connectivity index (χ3n) is 3.85. The lowest BCUT2D eigenvalue weighted by atomic mass is 10.2. The van der Waals surface area contributed by atoms with Gasteiger partial charge >= 0.3 is 0 Å². The molecule has 7 nitrogen and oxygen atoms in total. The minimum Gasteiger partial charge on any atom is -0.333 e. The summed E-state index contributed by atoms with van der Waals surface area (Å²) in [6.45, 7) is 0. The Kier molecular flexibility index (Phi) is 3.73. The Hall–Kier alpha value is -3.13. The number of nitrogens with two attached hydrogens (primary N) is 1. The molecule has 0 aliphatic carbocycles. The lowest BCUT2D eigenvalue weighted by Crippen LogP contribution is -2.29. The minimum atomic E-state index is -0.340. The maximum absolute atomic E-state index is 12.3. The molecule has 25 heavy (non-hydrogen) atoms. The van der Waals surface area contributed by atoms with Gasteiger partial charge in [0.1, 0.15) is 0 Å². The van der Waals surface area contributed by atoms with Crippen LogP contribution < -0.4 is 11.4 Å². The normalized spacial score (nSPS) is 11.2. The SMILES string of the molecule is Nn1c(=O)c2ccccc2n2c(SCC(=O)c3ccccc3)nnc12. The number of para-hydroxylation sites is 1. The third-order valence-corrected chi connectivity index (χ3v) is 4.78. The zero-order valence-electron chi connectivity index (χ0n) is 13.0. The van der Waals surface area contributed by atoms with Crippen molar-refractivity contribution in [3.05, 3.63) is 70.5 Å². The van der Waals surface area contributed by atoms with E-state index in [9.17, 15) is 9.59 Å². The van der Waals surface area contributed by atoms with Gasteiger partial charge < -0.3 is 5.84 Å². The van der Waals surface area contributed by atoms with Gasteiger partial charge in [0.25, 0.3) is 11.3 Å². The van der Waals surface area contributed by atoms with Crippen molar-refractivity contribution in [3.63, 3.8) is 0 Å². The Bertz CT molecular complexity index is 1150. The molecule has 0 saturated carbocycles. The van der Waals surface area contributed by atoms with Gasteiger partial charge in [0.15, 0.2) is 10.9 Å². The first kappa shape index (κ1) is 15.4. The summed E-state index contributed by atoms with van der Waals surface area (Å²) >= 11 is 1.26. The lowest BCUT2D eigenvalue weighted by molar-refractivity contribution is 0.102. The first-order chi connectivity index (χ1) is 12.2. The topological polar surface area (TPSA) is 95.3 Å². The highest BCUT2D eigenvalue weighted by Crippen LogP contribution is 2.21. The minimum absolute atomic E-state index is 0.00674. The molecule has 2 N–H and O–H groups in total. The summed E-state index contributed by atoms with van der Waals surface area (Å²) < 4.78 is 2.66. The average Bonchev–Trinajstić information content (AvgIpc) is 3.09. The van der Waals surface area contributed by atoms with Crippen LogP contribution in [0.15, 0.2) is 64.5 Å². The summed E-state index contributed by atoms with van der Waals surface area (Å²) in [5.74, 6) is 6.29. The third kappa shape index (κ3) is 2.56. The summed E-state index contributed by atoms with van der Waals surface area (Å²) in [5.41, 5.74) is 0.959. The van der Waals surface area contributed by atoms with Gasteiger partial charge in [0.05, 0.1) is 16.7 Å². The molecule has 8 heteroatoms. The van der Waals surface area contributed by atoms with E-state index in [-0.39, 0.29) is 22.9 Å². The van der Waals surface area contributed by atoms with Gasteiger partial charge in [-0.3, -0.25) is 14.0 Å². The predicted molar refractivity (Wildman–Crippen MR) is 96.4 cm³/mol. The van der Waals surface area contributed by atoms with E-state index in [2.05, 4.69) is 10.2 Å². The van der Waals surface area contributed by atoms with Gasteiger partial charge in [-0.25, -0.2) is 0 Å². The van der Waals surface area contributed by atoms with Crippen molar-refractivity contribution >= 4 is 34.2 Å². The van der Waals surface area contributed by atoms with E-state index in [1.54, 1.807) is 34.7 Å². The van der Waals surface area contributed by atoms with Gasteiger partial charge in [-0.1, -0.05) is 54.2 Å². The van der Waals surface area contributed by atoms with E-state index >= 15 is 0 Å². The number of nitrogen functional groups attached to an aromatic ring is 1. The quantitative estimate of drug-likeness (QED) is 0.342. The molecule has 2 aromatic heterocycles. The number of hydrogen-bond donors (Lipinski definition) is 1. The highest BCUT2D eigenvalue weighted by Gasteiger charge is 2.16. The van der Waals surface area contributed by atoms with Crippen molar-refractivity contribution in [2.75, 3.05) is 11.6 Å². The van der Waals surface area contributed by atoms with Crippen molar-refractivity contribution < 1.29 is 4.79 Å². The maximum atomic E-state index is 12.3. The number of nitrogens with zero attached hydrogens (tertiary/aromatic N) is 4. The van der Waals surface area contributed by atoms with E-state index in [0.717, 1.165) is 4.68 Å². The molecule has 0 fully saturated rings. The smallest absolute Gasteiger partial charge is 0.281 e. The molecule has 0 unspecified atom stereocenters. The Balaban J connectivity index is 1.76. The van der Waals surface area contributed by atoms with E-state index < -0.39 is 0 Å². The standard InChI is InChI=1S/C17H13N5O2S/c18-22-15(24)12-8-4-5-9-13(12)21-16(22)19-20-17(21)25-10-14(23)11-6-2-1-3-7-11/h1-9H,10,18H2. The zero-order chi connectivity index (χ0) is 17.4. The fourth-order valence-electron chi connectivity index (χ4n) is 2.63. The molecular weight excluding hydrogens is 338 g/mol. The van der Waals surface area contributed by atoms with E-state index in [1.165, 1.54) is 11.8 Å². The maximum Gasteiger partial charge on any atom is 0.281 e. The molecule has 4 rings (SSSR count). The number of rotatable bonds is 4. The van der Waals surface area contributed by atoms with Crippen LogP contribution in [0, 0.1) is 0 Å². The van der Waals surface area contributed by atoms with Crippen LogP contribution in [0.1, 0.15) is 10.4 Å². The van der Waals surface area contributed by atoms with Crippen LogP contribution in [0.5, 0.6) is 0 Å². The fraction of sp³-hybridized carbons (Fsp3) is 0.0588. The van der Waals surface area contributed by atoms with Gasteiger partial charge in [0.2, 0.25) is 0 Å². The summed E-state index contributed by atoms with van der Waals surface area (Å²) in [5, 5.41) is 9.07. The molecule has 0 aliphatic rings. The summed E-state index contributed by atoms with van der Waals surface area (Å²) in [7, 11) is 0. The van der Waals surface area contributed by atoms with Gasteiger partial charge in [-0.2, -0.15) is 4.68 Å². The zero-order valence-corrected chi connectivity index (χ0v) is 13.8. The summed E-state index contributed by atoms with van der Waals surface area (Å²) in [6.07, 6.45) is 0. The molecule has 0 atom stereocenters. The molecule has 4 aromatic rings. The molecule has 2 heterocycles. The van der Waals surface area contributed by atoms with Crippen LogP contribution >= 0.6 is 11.8 Å². The van der Waals surface area contributed by atoms with Gasteiger partial charge in [-0.05, 0) is 12.1 Å². The number of thioether (sulfide) groups is 1. The monoisotopic (exact) mass is 351 g/mol. The van der Waals surface area contributed by atoms with Crippen LogP contribution in [0.4, 0.5) is 0 Å². The molecule has 0 spiro atoms. The van der Waals surface area contributed by atoms with Crippen LogP contribution in [0.2, 0.25) is 0 Å². The molecule has 0 aliphatic heterocycles. The first-order valence-corrected chi connectivity index (χ1v) is 8.50. The van der Waals surface area contributed by atoms with Crippen molar-refractivity contribution in [2.45, 2.75) is 5.16 Å². The lowest BCUT2D eigenvalue weighted by Gasteiger charge is -2.07. The van der Waals surface area contributed by atoms with Crippen molar-refractivity contribution in [3.8, 4) is 0 Å². The number of Topliss-reactive ketones (excluding diaryl/α,β-unsaturated/α-hetero) is 1. The van der Waals surface area contributed by atoms with Crippen LogP contribution in [-0.2, 0) is 0 Å². The number of ketones is 1. The largest absolute Gasteiger partial charge is 0.333 e. The van der Waals surface area contributed by atoms with E-state index in [4.69, 9.17) is 5.84 Å². The Morgan fingerprint density at radius 1 is 1.04 bits per heavy atom.